The zero-order valence-electron chi connectivity index (χ0n) is 12.2. The van der Waals surface area contributed by atoms with Crippen LogP contribution in [0.3, 0.4) is 0 Å². The van der Waals surface area contributed by atoms with Gasteiger partial charge in [0.25, 0.3) is 0 Å². The van der Waals surface area contributed by atoms with Gasteiger partial charge in [0.2, 0.25) is 0 Å². The number of carbonyl (C=O) groups excluding carboxylic acids is 1. The van der Waals surface area contributed by atoms with Crippen LogP contribution in [-0.2, 0) is 9.53 Å². The Morgan fingerprint density at radius 3 is 2.32 bits per heavy atom. The van der Waals surface area contributed by atoms with Gasteiger partial charge in [-0.25, -0.2) is 0 Å². The van der Waals surface area contributed by atoms with E-state index in [1.54, 1.807) is 0 Å². The maximum Gasteiger partial charge on any atom is 0.309 e. The fraction of sp³-hybridized carbons (Fsp3) is 0.562. The zero-order valence-corrected chi connectivity index (χ0v) is 12.2. The van der Waals surface area contributed by atoms with Crippen LogP contribution in [0.4, 0.5) is 0 Å². The lowest BCUT2D eigenvalue weighted by Crippen LogP contribution is -2.30. The minimum absolute atomic E-state index is 0.0129. The third-order valence-corrected chi connectivity index (χ3v) is 3.05. The predicted molar refractivity (Wildman–Crippen MR) is 75.9 cm³/mol. The quantitative estimate of drug-likeness (QED) is 0.831. The second kappa shape index (κ2) is 6.71. The summed E-state index contributed by atoms with van der Waals surface area (Å²) in [6, 6.07) is 9.81. The van der Waals surface area contributed by atoms with E-state index in [0.29, 0.717) is 6.42 Å². The summed E-state index contributed by atoms with van der Waals surface area (Å²) in [6.07, 6.45) is 0.560. The summed E-state index contributed by atoms with van der Waals surface area (Å²) in [5.41, 5.74) is 0.584. The highest BCUT2D eigenvalue weighted by Gasteiger charge is 2.29. The fourth-order valence-corrected chi connectivity index (χ4v) is 2.10. The monoisotopic (exact) mass is 264 g/mol. The van der Waals surface area contributed by atoms with Gasteiger partial charge in [-0.3, -0.25) is 4.79 Å². The molecule has 0 radical (unpaired) electrons. The summed E-state index contributed by atoms with van der Waals surface area (Å²) in [7, 11) is 0. The van der Waals surface area contributed by atoms with Crippen LogP contribution in [0.5, 0.6) is 0 Å². The molecule has 3 nitrogen and oxygen atoms in total. The predicted octanol–water partition coefficient (Wildman–Crippen LogP) is 3.13. The van der Waals surface area contributed by atoms with Crippen LogP contribution in [0.25, 0.3) is 0 Å². The number of benzene rings is 1. The van der Waals surface area contributed by atoms with E-state index in [9.17, 15) is 9.90 Å². The van der Waals surface area contributed by atoms with Crippen molar-refractivity contribution in [1.82, 2.24) is 0 Å². The number of aliphatic hydroxyl groups excluding tert-OH is 1. The number of rotatable bonds is 5. The number of hydrogen-bond donors (Lipinski definition) is 1. The van der Waals surface area contributed by atoms with E-state index >= 15 is 0 Å². The first kappa shape index (κ1) is 15.7. The van der Waals surface area contributed by atoms with Gasteiger partial charge in [-0.05, 0) is 38.7 Å². The van der Waals surface area contributed by atoms with Gasteiger partial charge in [0.1, 0.15) is 5.60 Å². The van der Waals surface area contributed by atoms with Gasteiger partial charge in [-0.2, -0.15) is 0 Å². The maximum atomic E-state index is 12.1. The molecule has 1 rings (SSSR count). The van der Waals surface area contributed by atoms with Gasteiger partial charge >= 0.3 is 5.97 Å². The second-order valence-electron chi connectivity index (χ2n) is 5.85. The van der Waals surface area contributed by atoms with Crippen LogP contribution in [0.15, 0.2) is 30.3 Å². The Bertz CT molecular complexity index is 392. The summed E-state index contributed by atoms with van der Waals surface area (Å²) in [5, 5.41) is 9.21. The van der Waals surface area contributed by atoms with E-state index in [2.05, 4.69) is 0 Å². The van der Waals surface area contributed by atoms with Crippen molar-refractivity contribution in [3.05, 3.63) is 35.9 Å². The van der Waals surface area contributed by atoms with Crippen LogP contribution < -0.4 is 0 Å². The first-order chi connectivity index (χ1) is 8.85. The Morgan fingerprint density at radius 2 is 1.84 bits per heavy atom. The number of esters is 1. The maximum absolute atomic E-state index is 12.1. The van der Waals surface area contributed by atoms with Crippen LogP contribution >= 0.6 is 0 Å². The smallest absolute Gasteiger partial charge is 0.309 e. The highest BCUT2D eigenvalue weighted by atomic mass is 16.6. The molecule has 0 fully saturated rings. The number of ether oxygens (including phenoxy) is 1. The SMILES string of the molecule is C[C@@H](C(=O)OC(C)(C)C)[C@H](CCO)c1ccccc1. The molecule has 1 aromatic rings. The highest BCUT2D eigenvalue weighted by molar-refractivity contribution is 5.73. The molecule has 1 N–H and O–H groups in total. The fourth-order valence-electron chi connectivity index (χ4n) is 2.10. The molecule has 0 heterocycles. The number of aliphatic hydroxyl groups is 1. The Hall–Kier alpha value is -1.35. The summed E-state index contributed by atoms with van der Waals surface area (Å²) >= 11 is 0. The largest absolute Gasteiger partial charge is 0.460 e. The van der Waals surface area contributed by atoms with Crippen molar-refractivity contribution in [3.8, 4) is 0 Å². The first-order valence-corrected chi connectivity index (χ1v) is 6.74. The van der Waals surface area contributed by atoms with Crippen molar-refractivity contribution >= 4 is 5.97 Å². The molecule has 0 spiro atoms. The summed E-state index contributed by atoms with van der Waals surface area (Å²) in [5.74, 6) is -0.496. The Kier molecular flexibility index (Phi) is 5.55. The second-order valence-corrected chi connectivity index (χ2v) is 5.85. The molecule has 0 saturated carbocycles. The lowest BCUT2D eigenvalue weighted by atomic mass is 9.85. The molecule has 0 bridgehead atoms. The topological polar surface area (TPSA) is 46.5 Å². The highest BCUT2D eigenvalue weighted by Crippen LogP contribution is 2.29. The summed E-state index contributed by atoms with van der Waals surface area (Å²) in [6.45, 7) is 7.51. The Labute approximate surface area is 115 Å². The minimum Gasteiger partial charge on any atom is -0.460 e. The molecule has 19 heavy (non-hydrogen) atoms. The van der Waals surface area contributed by atoms with Crippen molar-refractivity contribution in [1.29, 1.82) is 0 Å². The lowest BCUT2D eigenvalue weighted by Gasteiger charge is -2.27. The number of hydrogen-bond acceptors (Lipinski definition) is 3. The van der Waals surface area contributed by atoms with E-state index in [0.717, 1.165) is 5.56 Å². The van der Waals surface area contributed by atoms with E-state index in [1.165, 1.54) is 0 Å². The third kappa shape index (κ3) is 5.03. The van der Waals surface area contributed by atoms with E-state index in [-0.39, 0.29) is 24.4 Å². The molecular formula is C16H24O3. The first-order valence-electron chi connectivity index (χ1n) is 6.74. The van der Waals surface area contributed by atoms with Crippen molar-refractivity contribution in [2.45, 2.75) is 45.6 Å². The van der Waals surface area contributed by atoms with Crippen LogP contribution in [0.2, 0.25) is 0 Å². The van der Waals surface area contributed by atoms with Crippen LogP contribution in [0, 0.1) is 5.92 Å². The van der Waals surface area contributed by atoms with Gasteiger partial charge in [0.05, 0.1) is 5.92 Å². The average Bonchev–Trinajstić information content (AvgIpc) is 2.34. The molecule has 0 saturated heterocycles. The molecule has 1 aromatic carbocycles. The standard InChI is InChI=1S/C16H24O3/c1-12(15(18)19-16(2,3)4)14(10-11-17)13-8-6-5-7-9-13/h5-9,12,14,17H,10-11H2,1-4H3/t12-,14+/m1/s1. The third-order valence-electron chi connectivity index (χ3n) is 3.05. The van der Waals surface area contributed by atoms with Crippen molar-refractivity contribution in [2.24, 2.45) is 5.92 Å². The molecule has 0 aromatic heterocycles. The molecule has 0 unspecified atom stereocenters. The molecule has 0 aliphatic heterocycles. The number of carbonyl (C=O) groups is 1. The molecular weight excluding hydrogens is 240 g/mol. The van der Waals surface area contributed by atoms with Crippen molar-refractivity contribution in [3.63, 3.8) is 0 Å². The van der Waals surface area contributed by atoms with Gasteiger partial charge in [0.15, 0.2) is 0 Å². The zero-order chi connectivity index (χ0) is 14.5. The summed E-state index contributed by atoms with van der Waals surface area (Å²) < 4.78 is 5.43. The van der Waals surface area contributed by atoms with E-state index < -0.39 is 5.60 Å². The van der Waals surface area contributed by atoms with Gasteiger partial charge in [0, 0.05) is 6.61 Å². The lowest BCUT2D eigenvalue weighted by molar-refractivity contribution is -0.160. The van der Waals surface area contributed by atoms with Crippen molar-refractivity contribution in [2.75, 3.05) is 6.61 Å². The Balaban J connectivity index is 2.85. The van der Waals surface area contributed by atoms with Crippen LogP contribution in [0.1, 0.15) is 45.6 Å². The molecule has 0 aliphatic carbocycles. The molecule has 2 atom stereocenters. The normalized spacial score (nSPS) is 14.8. The van der Waals surface area contributed by atoms with E-state index in [1.807, 2.05) is 58.0 Å². The van der Waals surface area contributed by atoms with Gasteiger partial charge in [-0.1, -0.05) is 37.3 Å². The average molecular weight is 264 g/mol. The minimum atomic E-state index is -0.480. The van der Waals surface area contributed by atoms with Crippen LogP contribution in [-0.4, -0.2) is 23.3 Å². The van der Waals surface area contributed by atoms with Gasteiger partial charge in [-0.15, -0.1) is 0 Å². The van der Waals surface area contributed by atoms with E-state index in [4.69, 9.17) is 4.74 Å². The van der Waals surface area contributed by atoms with Gasteiger partial charge < -0.3 is 9.84 Å². The molecule has 106 valence electrons. The summed E-state index contributed by atoms with van der Waals surface area (Å²) in [4.78, 5) is 12.1. The molecule has 0 amide bonds. The molecule has 0 aliphatic rings. The Morgan fingerprint density at radius 1 is 1.26 bits per heavy atom. The van der Waals surface area contributed by atoms with Crippen molar-refractivity contribution < 1.29 is 14.6 Å². The molecule has 3 heteroatoms.